The topological polar surface area (TPSA) is 36.9 Å². The summed E-state index contributed by atoms with van der Waals surface area (Å²) in [5, 5.41) is 0. The lowest BCUT2D eigenvalue weighted by Crippen LogP contribution is -1.92. The highest BCUT2D eigenvalue weighted by Crippen LogP contribution is 2.36. The number of benzene rings is 1. The summed E-state index contributed by atoms with van der Waals surface area (Å²) in [4.78, 5) is 0. The van der Waals surface area contributed by atoms with Crippen LogP contribution in [0.1, 0.15) is 6.92 Å². The molecule has 2 rings (SSSR count). The lowest BCUT2D eigenvalue weighted by atomic mass is 10.3. The van der Waals surface area contributed by atoms with Gasteiger partial charge in [-0.05, 0) is 19.1 Å². The molecule has 0 fully saturated rings. The Morgan fingerprint density at radius 1 is 1.36 bits per heavy atom. The van der Waals surface area contributed by atoms with Gasteiger partial charge in [-0.25, -0.2) is 0 Å². The first kappa shape index (κ1) is 9.56. The summed E-state index contributed by atoms with van der Waals surface area (Å²) >= 11 is 0. The normalized spacial score (nSPS) is 13.8. The molecule has 1 heterocycles. The number of fused-ring (bicyclic) bond motifs is 1. The third-order valence-corrected chi connectivity index (χ3v) is 2.43. The summed E-state index contributed by atoms with van der Waals surface area (Å²) < 4.78 is 20.8. The highest BCUT2D eigenvalue weighted by molar-refractivity contribution is 7.26. The highest BCUT2D eigenvalue weighted by atomic mass is 31.1. The van der Waals surface area contributed by atoms with E-state index in [0.717, 1.165) is 17.2 Å². The van der Waals surface area contributed by atoms with Gasteiger partial charge >= 0.3 is 0 Å². The summed E-state index contributed by atoms with van der Waals surface area (Å²) in [6.45, 7) is 2.87. The molecule has 1 aromatic carbocycles. The Kier molecular flexibility index (Phi) is 3.07. The van der Waals surface area contributed by atoms with Gasteiger partial charge in [-0.2, -0.15) is 0 Å². The van der Waals surface area contributed by atoms with E-state index in [4.69, 9.17) is 18.5 Å². The van der Waals surface area contributed by atoms with Gasteiger partial charge in [0.2, 0.25) is 15.8 Å². The van der Waals surface area contributed by atoms with Crippen molar-refractivity contribution >= 4 is 9.03 Å². The van der Waals surface area contributed by atoms with Crippen LogP contribution < -0.4 is 14.0 Å². The second kappa shape index (κ2) is 4.49. The van der Waals surface area contributed by atoms with Gasteiger partial charge < -0.3 is 18.5 Å². The third-order valence-electron chi connectivity index (χ3n) is 1.71. The number of rotatable bonds is 4. The largest absolute Gasteiger partial charge is 0.454 e. The minimum atomic E-state index is 0.0283. The van der Waals surface area contributed by atoms with Gasteiger partial charge in [0.15, 0.2) is 11.5 Å². The monoisotopic (exact) mass is 214 g/mol. The van der Waals surface area contributed by atoms with Gasteiger partial charge in [0.05, 0.1) is 6.61 Å². The van der Waals surface area contributed by atoms with Crippen LogP contribution in [0.5, 0.6) is 17.2 Å². The number of hydrogen-bond acceptors (Lipinski definition) is 4. The molecule has 0 amide bonds. The lowest BCUT2D eigenvalue weighted by molar-refractivity contribution is 0.174. The quantitative estimate of drug-likeness (QED) is 0.569. The van der Waals surface area contributed by atoms with Crippen LogP contribution in [-0.4, -0.2) is 13.4 Å². The van der Waals surface area contributed by atoms with Crippen molar-refractivity contribution in [2.75, 3.05) is 13.4 Å². The van der Waals surface area contributed by atoms with Gasteiger partial charge in [-0.3, -0.25) is 0 Å². The van der Waals surface area contributed by atoms with Crippen molar-refractivity contribution in [3.63, 3.8) is 0 Å². The molecule has 1 unspecified atom stereocenters. The smallest absolute Gasteiger partial charge is 0.231 e. The van der Waals surface area contributed by atoms with E-state index in [1.54, 1.807) is 6.07 Å². The zero-order valence-corrected chi connectivity index (χ0v) is 8.78. The van der Waals surface area contributed by atoms with Crippen molar-refractivity contribution in [3.8, 4) is 17.2 Å². The first-order valence-corrected chi connectivity index (χ1v) is 5.15. The molecule has 14 heavy (non-hydrogen) atoms. The molecule has 0 spiro atoms. The van der Waals surface area contributed by atoms with Gasteiger partial charge in [-0.1, -0.05) is 0 Å². The molecule has 1 atom stereocenters. The van der Waals surface area contributed by atoms with E-state index in [2.05, 4.69) is 0 Å². The summed E-state index contributed by atoms with van der Waals surface area (Å²) in [6, 6.07) is 5.46. The summed E-state index contributed by atoms with van der Waals surface area (Å²) in [5.41, 5.74) is 0. The maximum atomic E-state index is 5.34. The minimum Gasteiger partial charge on any atom is -0.454 e. The van der Waals surface area contributed by atoms with Crippen molar-refractivity contribution in [1.29, 1.82) is 0 Å². The van der Waals surface area contributed by atoms with Gasteiger partial charge in [0.25, 0.3) is 0 Å². The van der Waals surface area contributed by atoms with E-state index in [0.29, 0.717) is 6.61 Å². The van der Waals surface area contributed by atoms with Gasteiger partial charge in [-0.15, -0.1) is 0 Å². The van der Waals surface area contributed by atoms with Crippen molar-refractivity contribution in [2.45, 2.75) is 6.92 Å². The number of hydrogen-bond donors (Lipinski definition) is 0. The molecule has 0 radical (unpaired) electrons. The molecule has 0 aromatic heterocycles. The van der Waals surface area contributed by atoms with E-state index in [1.165, 1.54) is 0 Å². The third kappa shape index (κ3) is 2.08. The van der Waals surface area contributed by atoms with Crippen molar-refractivity contribution in [2.24, 2.45) is 0 Å². The molecule has 0 saturated heterocycles. The first-order chi connectivity index (χ1) is 6.90. The Hall–Kier alpha value is -0.990. The molecule has 76 valence electrons. The molecular weight excluding hydrogens is 203 g/mol. The first-order valence-electron chi connectivity index (χ1n) is 4.33. The van der Waals surface area contributed by atoms with E-state index < -0.39 is 0 Å². The molecule has 1 aromatic rings. The van der Waals surface area contributed by atoms with Gasteiger partial charge in [0, 0.05) is 6.07 Å². The Morgan fingerprint density at radius 2 is 2.21 bits per heavy atom. The average Bonchev–Trinajstić information content (AvgIpc) is 2.65. The van der Waals surface area contributed by atoms with Crippen LogP contribution in [0.3, 0.4) is 0 Å². The Morgan fingerprint density at radius 3 is 3.07 bits per heavy atom. The van der Waals surface area contributed by atoms with Crippen LogP contribution >= 0.6 is 9.03 Å². The number of ether oxygens (including phenoxy) is 2. The molecule has 1 aliphatic rings. The van der Waals surface area contributed by atoms with E-state index >= 15 is 0 Å². The van der Waals surface area contributed by atoms with E-state index in [-0.39, 0.29) is 15.8 Å². The standard InChI is InChI=1S/C9H11O4P/c1-2-12-14-13-7-3-4-8-9(5-7)11-6-10-8/h3-5,14H,2,6H2,1H3. The molecule has 0 aliphatic carbocycles. The van der Waals surface area contributed by atoms with Crippen LogP contribution in [0, 0.1) is 0 Å². The van der Waals surface area contributed by atoms with E-state index in [1.807, 2.05) is 19.1 Å². The SMILES string of the molecule is CCOPOc1ccc2c(c1)OCO2. The predicted octanol–water partition coefficient (Wildman–Crippen LogP) is 2.34. The lowest BCUT2D eigenvalue weighted by Gasteiger charge is -2.04. The summed E-state index contributed by atoms with van der Waals surface area (Å²) in [6.07, 6.45) is 0. The van der Waals surface area contributed by atoms with Crippen molar-refractivity contribution in [1.82, 2.24) is 0 Å². The zero-order valence-electron chi connectivity index (χ0n) is 7.78. The molecule has 5 heteroatoms. The van der Waals surface area contributed by atoms with E-state index in [9.17, 15) is 0 Å². The summed E-state index contributed by atoms with van der Waals surface area (Å²) in [7, 11) is 0.0283. The minimum absolute atomic E-state index is 0.0283. The Bertz CT molecular complexity index is 316. The maximum Gasteiger partial charge on any atom is 0.231 e. The molecule has 0 N–H and O–H groups in total. The fourth-order valence-corrected chi connectivity index (χ4v) is 1.48. The van der Waals surface area contributed by atoms with Gasteiger partial charge in [0.1, 0.15) is 5.75 Å². The molecular formula is C9H11O4P. The zero-order chi connectivity index (χ0) is 9.80. The summed E-state index contributed by atoms with van der Waals surface area (Å²) in [5.74, 6) is 2.22. The Labute approximate surface area is 84.1 Å². The maximum absolute atomic E-state index is 5.34. The van der Waals surface area contributed by atoms with Crippen LogP contribution in [0.4, 0.5) is 0 Å². The molecule has 4 nitrogen and oxygen atoms in total. The highest BCUT2D eigenvalue weighted by Gasteiger charge is 2.13. The average molecular weight is 214 g/mol. The van der Waals surface area contributed by atoms with Crippen LogP contribution in [0.15, 0.2) is 18.2 Å². The van der Waals surface area contributed by atoms with Crippen LogP contribution in [-0.2, 0) is 4.52 Å². The van der Waals surface area contributed by atoms with Crippen LogP contribution in [0.2, 0.25) is 0 Å². The van der Waals surface area contributed by atoms with Crippen molar-refractivity contribution < 1.29 is 18.5 Å². The van der Waals surface area contributed by atoms with Crippen molar-refractivity contribution in [3.05, 3.63) is 18.2 Å². The molecule has 0 bridgehead atoms. The predicted molar refractivity (Wildman–Crippen MR) is 53.1 cm³/mol. The molecule has 0 saturated carbocycles. The Balaban J connectivity index is 1.98. The van der Waals surface area contributed by atoms with Crippen LogP contribution in [0.25, 0.3) is 0 Å². The molecule has 1 aliphatic heterocycles. The second-order valence-corrected chi connectivity index (χ2v) is 3.29. The fourth-order valence-electron chi connectivity index (χ4n) is 1.08. The fraction of sp³-hybridized carbons (Fsp3) is 0.333. The second-order valence-electron chi connectivity index (χ2n) is 2.63.